The van der Waals surface area contributed by atoms with E-state index < -0.39 is 0 Å². The molecule has 8 nitrogen and oxygen atoms in total. The van der Waals surface area contributed by atoms with Crippen LogP contribution in [0.4, 0.5) is 0 Å². The number of nitrogens with zero attached hydrogens (tertiary/aromatic N) is 2. The van der Waals surface area contributed by atoms with Crippen molar-refractivity contribution in [3.63, 3.8) is 0 Å². The van der Waals surface area contributed by atoms with Crippen molar-refractivity contribution < 1.29 is 29.2 Å². The SMILES string of the molecule is COc1cc2c3cc1Oc1cc(ccc1O)CC1c4c(cc(O)c(OC)c4Oc4ccc(cc4)CC3N(C)CC2)CCN1C. The largest absolute Gasteiger partial charge is 0.504 e. The van der Waals surface area contributed by atoms with E-state index in [4.69, 9.17) is 18.9 Å². The molecule has 4 aromatic rings. The monoisotopic (exact) mass is 594 g/mol. The molecule has 0 saturated heterocycles. The maximum absolute atomic E-state index is 11.0. The van der Waals surface area contributed by atoms with Gasteiger partial charge in [0, 0.05) is 30.7 Å². The van der Waals surface area contributed by atoms with Crippen molar-refractivity contribution in [2.45, 2.75) is 37.8 Å². The number of phenolic OH excluding ortho intramolecular Hbond substituents is 2. The second-order valence-corrected chi connectivity index (χ2v) is 12.1. The molecule has 2 N–H and O–H groups in total. The molecule has 4 heterocycles. The Hall–Kier alpha value is -4.40. The average molecular weight is 595 g/mol. The molecule has 4 aliphatic rings. The Morgan fingerprint density at radius 3 is 2.16 bits per heavy atom. The van der Waals surface area contributed by atoms with Crippen molar-refractivity contribution in [1.29, 1.82) is 0 Å². The Kier molecular flexibility index (Phi) is 7.26. The Labute approximate surface area is 258 Å². The summed E-state index contributed by atoms with van der Waals surface area (Å²) in [6.45, 7) is 1.75. The van der Waals surface area contributed by atoms with Crippen molar-refractivity contribution in [3.8, 4) is 46.0 Å². The van der Waals surface area contributed by atoms with Gasteiger partial charge in [0.05, 0.1) is 14.2 Å². The number of likely N-dealkylation sites (N-methyl/N-ethyl adjacent to an activating group) is 2. The zero-order valence-corrected chi connectivity index (χ0v) is 25.6. The second kappa shape index (κ2) is 11.3. The number of methoxy groups -OCH3 is 2. The molecule has 6 bridgehead atoms. The van der Waals surface area contributed by atoms with Crippen LogP contribution in [0.3, 0.4) is 0 Å². The van der Waals surface area contributed by atoms with Crippen LogP contribution in [0.5, 0.6) is 46.0 Å². The lowest BCUT2D eigenvalue weighted by molar-refractivity contribution is 0.221. The number of fused-ring (bicyclic) bond motifs is 2. The maximum Gasteiger partial charge on any atom is 0.204 e. The first-order valence-corrected chi connectivity index (χ1v) is 15.1. The van der Waals surface area contributed by atoms with E-state index in [9.17, 15) is 10.2 Å². The van der Waals surface area contributed by atoms with Gasteiger partial charge in [-0.15, -0.1) is 0 Å². The molecule has 0 spiro atoms. The van der Waals surface area contributed by atoms with E-state index in [1.165, 1.54) is 16.7 Å². The quantitative estimate of drug-likeness (QED) is 0.270. The van der Waals surface area contributed by atoms with Crippen LogP contribution in [0.25, 0.3) is 0 Å². The number of aromatic hydroxyl groups is 2. The zero-order valence-electron chi connectivity index (χ0n) is 25.6. The van der Waals surface area contributed by atoms with E-state index in [-0.39, 0.29) is 23.6 Å². The molecule has 0 aliphatic carbocycles. The third-order valence-corrected chi connectivity index (χ3v) is 9.44. The molecule has 0 amide bonds. The van der Waals surface area contributed by atoms with Gasteiger partial charge in [-0.05, 0) is 110 Å². The van der Waals surface area contributed by atoms with Gasteiger partial charge in [0.1, 0.15) is 5.75 Å². The topological polar surface area (TPSA) is 83.9 Å². The molecule has 228 valence electrons. The third kappa shape index (κ3) is 4.98. The lowest BCUT2D eigenvalue weighted by atomic mass is 9.87. The Balaban J connectivity index is 1.42. The first-order valence-electron chi connectivity index (χ1n) is 15.1. The predicted molar refractivity (Wildman–Crippen MR) is 168 cm³/mol. The van der Waals surface area contributed by atoms with Gasteiger partial charge in [-0.2, -0.15) is 0 Å². The minimum atomic E-state index is -0.0756. The Morgan fingerprint density at radius 2 is 1.41 bits per heavy atom. The van der Waals surface area contributed by atoms with Gasteiger partial charge in [-0.3, -0.25) is 9.80 Å². The number of hydrogen-bond acceptors (Lipinski definition) is 8. The molecule has 4 aliphatic heterocycles. The molecule has 0 aromatic heterocycles. The second-order valence-electron chi connectivity index (χ2n) is 12.1. The molecular formula is C36H38N2O6. The summed E-state index contributed by atoms with van der Waals surface area (Å²) in [6, 6.07) is 19.7. The summed E-state index contributed by atoms with van der Waals surface area (Å²) in [5, 5.41) is 21.9. The summed E-state index contributed by atoms with van der Waals surface area (Å²) in [5.41, 5.74) is 6.61. The molecule has 44 heavy (non-hydrogen) atoms. The van der Waals surface area contributed by atoms with Gasteiger partial charge in [-0.1, -0.05) is 18.2 Å². The zero-order chi connectivity index (χ0) is 30.5. The van der Waals surface area contributed by atoms with Crippen LogP contribution in [-0.2, 0) is 25.7 Å². The fourth-order valence-electron chi connectivity index (χ4n) is 6.98. The summed E-state index contributed by atoms with van der Waals surface area (Å²) >= 11 is 0. The lowest BCUT2D eigenvalue weighted by Gasteiger charge is -2.36. The van der Waals surface area contributed by atoms with Gasteiger partial charge >= 0.3 is 0 Å². The standard InChI is InChI=1S/C36H38N2O6/c1-37-13-11-23-19-32(41-3)33-20-26(23)27(37)15-21-5-8-25(9-6-21)43-36-34-24(18-30(40)35(36)42-4)12-14-38(2)28(34)16-22-7-10-29(39)31(17-22)44-33/h5-10,17-20,27-28,39-40H,11-16H2,1-4H3. The summed E-state index contributed by atoms with van der Waals surface area (Å²) in [5.74, 6) is 3.24. The third-order valence-electron chi connectivity index (χ3n) is 9.44. The number of rotatable bonds is 2. The Bertz CT molecular complexity index is 1720. The van der Waals surface area contributed by atoms with Crippen LogP contribution in [0.15, 0.2) is 60.7 Å². The fourth-order valence-corrected chi connectivity index (χ4v) is 6.98. The van der Waals surface area contributed by atoms with E-state index in [0.29, 0.717) is 40.9 Å². The van der Waals surface area contributed by atoms with Gasteiger partial charge in [0.15, 0.2) is 34.5 Å². The average Bonchev–Trinajstić information content (AvgIpc) is 3.02. The molecule has 4 aromatic carbocycles. The summed E-state index contributed by atoms with van der Waals surface area (Å²) in [4.78, 5) is 4.67. The number of benzene rings is 4. The number of ether oxygens (including phenoxy) is 4. The van der Waals surface area contributed by atoms with E-state index in [1.54, 1.807) is 26.4 Å². The van der Waals surface area contributed by atoms with Crippen molar-refractivity contribution >= 4 is 0 Å². The molecule has 0 saturated carbocycles. The Morgan fingerprint density at radius 1 is 0.705 bits per heavy atom. The highest BCUT2D eigenvalue weighted by atomic mass is 16.5. The number of hydrogen-bond donors (Lipinski definition) is 2. The van der Waals surface area contributed by atoms with E-state index in [0.717, 1.165) is 49.0 Å². The first kappa shape index (κ1) is 28.4. The van der Waals surface area contributed by atoms with Crippen molar-refractivity contribution in [2.24, 2.45) is 0 Å². The van der Waals surface area contributed by atoms with Crippen LogP contribution < -0.4 is 18.9 Å². The minimum Gasteiger partial charge on any atom is -0.504 e. The van der Waals surface area contributed by atoms with Crippen LogP contribution in [0.2, 0.25) is 0 Å². The molecule has 8 heteroatoms. The highest BCUT2D eigenvalue weighted by Gasteiger charge is 2.33. The molecular weight excluding hydrogens is 556 g/mol. The molecule has 2 unspecified atom stereocenters. The van der Waals surface area contributed by atoms with Crippen molar-refractivity contribution in [3.05, 3.63) is 94.0 Å². The van der Waals surface area contributed by atoms with Crippen LogP contribution in [0, 0.1) is 0 Å². The maximum atomic E-state index is 11.0. The smallest absolute Gasteiger partial charge is 0.204 e. The fraction of sp³-hybridized carbons (Fsp3) is 0.333. The molecule has 8 rings (SSSR count). The van der Waals surface area contributed by atoms with Gasteiger partial charge in [0.25, 0.3) is 0 Å². The predicted octanol–water partition coefficient (Wildman–Crippen LogP) is 6.56. The van der Waals surface area contributed by atoms with Gasteiger partial charge in [0.2, 0.25) is 5.75 Å². The summed E-state index contributed by atoms with van der Waals surface area (Å²) in [6.07, 6.45) is 3.11. The normalized spacial score (nSPS) is 19.6. The van der Waals surface area contributed by atoms with E-state index in [2.05, 4.69) is 48.2 Å². The number of phenols is 2. The van der Waals surface area contributed by atoms with E-state index >= 15 is 0 Å². The molecule has 0 fully saturated rings. The molecule has 0 radical (unpaired) electrons. The van der Waals surface area contributed by atoms with Crippen molar-refractivity contribution in [2.75, 3.05) is 41.4 Å². The molecule has 2 atom stereocenters. The van der Waals surface area contributed by atoms with Crippen LogP contribution >= 0.6 is 0 Å². The lowest BCUT2D eigenvalue weighted by Crippen LogP contribution is -2.34. The summed E-state index contributed by atoms with van der Waals surface area (Å²) in [7, 11) is 7.46. The minimum absolute atomic E-state index is 0.0594. The van der Waals surface area contributed by atoms with Crippen LogP contribution in [0.1, 0.15) is 45.5 Å². The van der Waals surface area contributed by atoms with E-state index in [1.807, 2.05) is 24.3 Å². The highest BCUT2D eigenvalue weighted by Crippen LogP contribution is 2.50. The highest BCUT2D eigenvalue weighted by molar-refractivity contribution is 5.62. The van der Waals surface area contributed by atoms with Gasteiger partial charge < -0.3 is 29.2 Å². The van der Waals surface area contributed by atoms with Gasteiger partial charge in [-0.25, -0.2) is 0 Å². The summed E-state index contributed by atoms with van der Waals surface area (Å²) < 4.78 is 24.6. The van der Waals surface area contributed by atoms with Crippen molar-refractivity contribution in [1.82, 2.24) is 9.80 Å². The van der Waals surface area contributed by atoms with Crippen LogP contribution in [-0.4, -0.2) is 61.4 Å². The first-order chi connectivity index (χ1) is 21.3.